The SMILES string of the molecule is COC(=O)Cc1c(C)c2ccc(OCc3ccc(F)cc3F)c(C)c2oc1=O. The quantitative estimate of drug-likeness (QED) is 0.489. The van der Waals surface area contributed by atoms with E-state index >= 15 is 0 Å². The molecule has 1 heterocycles. The number of esters is 1. The Kier molecular flexibility index (Phi) is 5.44. The first kappa shape index (κ1) is 19.5. The fourth-order valence-corrected chi connectivity index (χ4v) is 2.94. The molecule has 0 aliphatic heterocycles. The third-order valence-electron chi connectivity index (χ3n) is 4.60. The number of hydrogen-bond donors (Lipinski definition) is 0. The van der Waals surface area contributed by atoms with Crippen LogP contribution in [-0.2, 0) is 22.6 Å². The Morgan fingerprint density at radius 2 is 1.86 bits per heavy atom. The summed E-state index contributed by atoms with van der Waals surface area (Å²) in [6.07, 6.45) is -0.179. The van der Waals surface area contributed by atoms with Gasteiger partial charge in [0.2, 0.25) is 0 Å². The molecule has 0 amide bonds. The van der Waals surface area contributed by atoms with E-state index in [1.54, 1.807) is 26.0 Å². The number of ether oxygens (including phenoxy) is 2. The molecule has 0 radical (unpaired) electrons. The summed E-state index contributed by atoms with van der Waals surface area (Å²) in [5.41, 5.74) is 1.32. The topological polar surface area (TPSA) is 65.7 Å². The Hall–Kier alpha value is -3.22. The Morgan fingerprint density at radius 3 is 2.54 bits per heavy atom. The van der Waals surface area contributed by atoms with Crippen LogP contribution in [0.25, 0.3) is 11.0 Å². The lowest BCUT2D eigenvalue weighted by Crippen LogP contribution is -2.16. The zero-order valence-corrected chi connectivity index (χ0v) is 15.6. The molecular formula is C21H18F2O5. The molecule has 0 unspecified atom stereocenters. The van der Waals surface area contributed by atoms with Gasteiger partial charge in [-0.25, -0.2) is 13.6 Å². The molecule has 28 heavy (non-hydrogen) atoms. The normalized spacial score (nSPS) is 10.9. The highest BCUT2D eigenvalue weighted by Gasteiger charge is 2.18. The summed E-state index contributed by atoms with van der Waals surface area (Å²) in [5, 5.41) is 0.663. The lowest BCUT2D eigenvalue weighted by Gasteiger charge is -2.13. The lowest BCUT2D eigenvalue weighted by atomic mass is 10.0. The Morgan fingerprint density at radius 1 is 1.11 bits per heavy atom. The van der Waals surface area contributed by atoms with Crippen LogP contribution in [0, 0.1) is 25.5 Å². The van der Waals surface area contributed by atoms with Crippen LogP contribution in [0.1, 0.15) is 22.3 Å². The maximum absolute atomic E-state index is 13.8. The summed E-state index contributed by atoms with van der Waals surface area (Å²) in [7, 11) is 1.25. The van der Waals surface area contributed by atoms with Gasteiger partial charge in [0.25, 0.3) is 0 Å². The van der Waals surface area contributed by atoms with Crippen molar-refractivity contribution in [3.05, 3.63) is 74.6 Å². The smallest absolute Gasteiger partial charge is 0.340 e. The van der Waals surface area contributed by atoms with Gasteiger partial charge >= 0.3 is 11.6 Å². The van der Waals surface area contributed by atoms with Crippen LogP contribution in [-0.4, -0.2) is 13.1 Å². The van der Waals surface area contributed by atoms with Crippen molar-refractivity contribution in [2.45, 2.75) is 26.9 Å². The minimum atomic E-state index is -0.701. The summed E-state index contributed by atoms with van der Waals surface area (Å²) in [4.78, 5) is 23.9. The first-order valence-corrected chi connectivity index (χ1v) is 8.51. The van der Waals surface area contributed by atoms with Crippen LogP contribution in [0.4, 0.5) is 8.78 Å². The molecule has 2 aromatic carbocycles. The summed E-state index contributed by atoms with van der Waals surface area (Å²) in [5.74, 6) is -1.50. The second-order valence-corrected chi connectivity index (χ2v) is 6.34. The predicted molar refractivity (Wildman–Crippen MR) is 98.4 cm³/mol. The molecule has 3 aromatic rings. The largest absolute Gasteiger partial charge is 0.488 e. The van der Waals surface area contributed by atoms with E-state index in [1.807, 2.05) is 0 Å². The molecule has 0 saturated carbocycles. The number of carbonyl (C=O) groups is 1. The van der Waals surface area contributed by atoms with Gasteiger partial charge in [-0.3, -0.25) is 4.79 Å². The van der Waals surface area contributed by atoms with Gasteiger partial charge in [0.15, 0.2) is 0 Å². The van der Waals surface area contributed by atoms with Crippen molar-refractivity contribution in [2.24, 2.45) is 0 Å². The highest BCUT2D eigenvalue weighted by Crippen LogP contribution is 2.30. The summed E-state index contributed by atoms with van der Waals surface area (Å²) >= 11 is 0. The van der Waals surface area contributed by atoms with Crippen molar-refractivity contribution in [3.63, 3.8) is 0 Å². The average Bonchev–Trinajstić information content (AvgIpc) is 2.66. The molecule has 7 heteroatoms. The highest BCUT2D eigenvalue weighted by molar-refractivity contribution is 5.86. The Labute approximate surface area is 159 Å². The highest BCUT2D eigenvalue weighted by atomic mass is 19.1. The van der Waals surface area contributed by atoms with Gasteiger partial charge in [-0.15, -0.1) is 0 Å². The number of fused-ring (bicyclic) bond motifs is 1. The van der Waals surface area contributed by atoms with Crippen molar-refractivity contribution in [1.82, 2.24) is 0 Å². The van der Waals surface area contributed by atoms with E-state index in [9.17, 15) is 18.4 Å². The number of rotatable bonds is 5. The fraction of sp³-hybridized carbons (Fsp3) is 0.238. The molecule has 0 aliphatic carbocycles. The molecule has 0 bridgehead atoms. The van der Waals surface area contributed by atoms with Crippen molar-refractivity contribution in [2.75, 3.05) is 7.11 Å². The molecule has 0 atom stereocenters. The minimum absolute atomic E-state index is 0.109. The summed E-state index contributed by atoms with van der Waals surface area (Å²) in [6.45, 7) is 3.33. The second-order valence-electron chi connectivity index (χ2n) is 6.34. The van der Waals surface area contributed by atoms with E-state index in [0.29, 0.717) is 27.8 Å². The molecule has 3 rings (SSSR count). The zero-order valence-electron chi connectivity index (χ0n) is 15.6. The number of halogens is 2. The monoisotopic (exact) mass is 388 g/mol. The molecule has 5 nitrogen and oxygen atoms in total. The van der Waals surface area contributed by atoms with E-state index in [-0.39, 0.29) is 24.2 Å². The molecule has 146 valence electrons. The number of benzene rings is 2. The maximum atomic E-state index is 13.8. The minimum Gasteiger partial charge on any atom is -0.488 e. The fourth-order valence-electron chi connectivity index (χ4n) is 2.94. The lowest BCUT2D eigenvalue weighted by molar-refractivity contribution is -0.139. The van der Waals surface area contributed by atoms with Crippen LogP contribution < -0.4 is 10.4 Å². The molecular weight excluding hydrogens is 370 g/mol. The van der Waals surface area contributed by atoms with Gasteiger partial charge in [0, 0.05) is 22.6 Å². The molecule has 0 fully saturated rings. The van der Waals surface area contributed by atoms with Gasteiger partial charge < -0.3 is 13.9 Å². The van der Waals surface area contributed by atoms with Crippen molar-refractivity contribution < 1.29 is 27.5 Å². The van der Waals surface area contributed by atoms with E-state index in [0.717, 1.165) is 12.1 Å². The standard InChI is InChI=1S/C21H18F2O5/c1-11-15-6-7-18(27-10-13-4-5-14(22)8-17(13)23)12(2)20(15)28-21(25)16(11)9-19(24)26-3/h4-8H,9-10H2,1-3H3. The number of methoxy groups -OCH3 is 1. The third kappa shape index (κ3) is 3.74. The molecule has 0 saturated heterocycles. The third-order valence-corrected chi connectivity index (χ3v) is 4.60. The zero-order chi connectivity index (χ0) is 20.4. The first-order chi connectivity index (χ1) is 13.3. The molecule has 0 spiro atoms. The van der Waals surface area contributed by atoms with E-state index in [2.05, 4.69) is 4.74 Å². The number of carbonyl (C=O) groups excluding carboxylic acids is 1. The van der Waals surface area contributed by atoms with Gasteiger partial charge in [-0.2, -0.15) is 0 Å². The average molecular weight is 388 g/mol. The van der Waals surface area contributed by atoms with Gasteiger partial charge in [0.1, 0.15) is 29.6 Å². The molecule has 0 aliphatic rings. The van der Waals surface area contributed by atoms with Crippen molar-refractivity contribution in [3.8, 4) is 5.75 Å². The summed E-state index contributed by atoms with van der Waals surface area (Å²) < 4.78 is 42.5. The Bertz CT molecular complexity index is 1120. The van der Waals surface area contributed by atoms with Gasteiger partial charge in [-0.1, -0.05) is 0 Å². The van der Waals surface area contributed by atoms with E-state index in [4.69, 9.17) is 9.15 Å². The Balaban J connectivity index is 1.96. The predicted octanol–water partition coefficient (Wildman–Crippen LogP) is 3.98. The van der Waals surface area contributed by atoms with Gasteiger partial charge in [-0.05, 0) is 43.7 Å². The summed E-state index contributed by atoms with van der Waals surface area (Å²) in [6, 6.07) is 6.63. The van der Waals surface area contributed by atoms with Crippen molar-refractivity contribution >= 4 is 16.9 Å². The molecule has 1 aromatic heterocycles. The maximum Gasteiger partial charge on any atom is 0.340 e. The van der Waals surface area contributed by atoms with Gasteiger partial charge in [0.05, 0.1) is 19.1 Å². The number of aryl methyl sites for hydroxylation is 2. The second kappa shape index (κ2) is 7.80. The number of hydrogen-bond acceptors (Lipinski definition) is 5. The van der Waals surface area contributed by atoms with Crippen LogP contribution in [0.5, 0.6) is 5.75 Å². The van der Waals surface area contributed by atoms with E-state index < -0.39 is 23.2 Å². The van der Waals surface area contributed by atoms with Crippen molar-refractivity contribution in [1.29, 1.82) is 0 Å². The van der Waals surface area contributed by atoms with Crippen LogP contribution in [0.2, 0.25) is 0 Å². The van der Waals surface area contributed by atoms with Crippen LogP contribution in [0.3, 0.4) is 0 Å². The van der Waals surface area contributed by atoms with E-state index in [1.165, 1.54) is 13.2 Å². The molecule has 0 N–H and O–H groups in total. The van der Waals surface area contributed by atoms with Crippen LogP contribution >= 0.6 is 0 Å². The first-order valence-electron chi connectivity index (χ1n) is 8.51. The van der Waals surface area contributed by atoms with Crippen LogP contribution in [0.15, 0.2) is 39.5 Å².